The molecule has 1 N–H and O–H groups in total. The lowest BCUT2D eigenvalue weighted by Gasteiger charge is -2.10. The van der Waals surface area contributed by atoms with Crippen molar-refractivity contribution in [2.75, 3.05) is 13.7 Å². The van der Waals surface area contributed by atoms with Crippen molar-refractivity contribution in [3.05, 3.63) is 52.3 Å². The highest BCUT2D eigenvalue weighted by molar-refractivity contribution is 6.32. The second-order valence-electron chi connectivity index (χ2n) is 4.78. The van der Waals surface area contributed by atoms with Crippen LogP contribution in [0, 0.1) is 5.82 Å². The van der Waals surface area contributed by atoms with Gasteiger partial charge >= 0.3 is 5.97 Å². The molecular formula is C17H16ClFO5. The lowest BCUT2D eigenvalue weighted by Crippen LogP contribution is -2.06. The fourth-order valence-electron chi connectivity index (χ4n) is 1.99. The van der Waals surface area contributed by atoms with Crippen LogP contribution in [0.3, 0.4) is 0 Å². The number of methoxy groups -OCH3 is 1. The van der Waals surface area contributed by atoms with Crippen molar-refractivity contribution in [1.82, 2.24) is 0 Å². The zero-order valence-corrected chi connectivity index (χ0v) is 13.9. The lowest BCUT2D eigenvalue weighted by molar-refractivity contribution is 0.0471. The largest absolute Gasteiger partial charge is 0.503 e. The summed E-state index contributed by atoms with van der Waals surface area (Å²) in [5.74, 6) is -1.26. The molecule has 0 bridgehead atoms. The molecule has 0 saturated heterocycles. The summed E-state index contributed by atoms with van der Waals surface area (Å²) >= 11 is 5.87. The molecule has 0 unspecified atom stereocenters. The molecule has 0 aliphatic heterocycles. The summed E-state index contributed by atoms with van der Waals surface area (Å²) in [6, 6.07) is 6.87. The molecular weight excluding hydrogens is 339 g/mol. The van der Waals surface area contributed by atoms with Gasteiger partial charge in [0.05, 0.1) is 24.3 Å². The van der Waals surface area contributed by atoms with E-state index in [0.717, 1.165) is 0 Å². The number of esters is 1. The van der Waals surface area contributed by atoms with Crippen LogP contribution in [0.5, 0.6) is 17.2 Å². The first-order valence-electron chi connectivity index (χ1n) is 7.11. The maximum absolute atomic E-state index is 13.6. The van der Waals surface area contributed by atoms with Crippen molar-refractivity contribution < 1.29 is 28.5 Å². The van der Waals surface area contributed by atoms with E-state index in [4.69, 9.17) is 25.8 Å². The lowest BCUT2D eigenvalue weighted by atomic mass is 10.2. The van der Waals surface area contributed by atoms with Crippen LogP contribution < -0.4 is 9.47 Å². The molecule has 0 amide bonds. The first kappa shape index (κ1) is 17.9. The van der Waals surface area contributed by atoms with E-state index < -0.39 is 11.8 Å². The van der Waals surface area contributed by atoms with Gasteiger partial charge in [0.1, 0.15) is 6.61 Å². The molecule has 0 radical (unpaired) electrons. The Morgan fingerprint density at radius 2 is 2.00 bits per heavy atom. The Kier molecular flexibility index (Phi) is 5.87. The van der Waals surface area contributed by atoms with Crippen LogP contribution >= 0.6 is 11.6 Å². The van der Waals surface area contributed by atoms with Gasteiger partial charge in [-0.3, -0.25) is 0 Å². The van der Waals surface area contributed by atoms with Crippen molar-refractivity contribution in [1.29, 1.82) is 0 Å². The third-order valence-corrected chi connectivity index (χ3v) is 3.44. The SMILES string of the molecule is CCOc1cc(C(=O)OCc2ccc(OC)c(F)c2)cc(Cl)c1O. The topological polar surface area (TPSA) is 65.0 Å². The monoisotopic (exact) mass is 354 g/mol. The average Bonchev–Trinajstić information content (AvgIpc) is 2.56. The fraction of sp³-hybridized carbons (Fsp3) is 0.235. The Morgan fingerprint density at radius 1 is 1.25 bits per heavy atom. The van der Waals surface area contributed by atoms with E-state index in [1.807, 2.05) is 0 Å². The molecule has 24 heavy (non-hydrogen) atoms. The van der Waals surface area contributed by atoms with Crippen LogP contribution in [0.15, 0.2) is 30.3 Å². The molecule has 7 heteroatoms. The molecule has 0 aromatic heterocycles. The Hall–Kier alpha value is -2.47. The van der Waals surface area contributed by atoms with Gasteiger partial charge in [0, 0.05) is 0 Å². The molecule has 5 nitrogen and oxygen atoms in total. The summed E-state index contributed by atoms with van der Waals surface area (Å²) in [7, 11) is 1.36. The second kappa shape index (κ2) is 7.88. The number of phenols is 1. The van der Waals surface area contributed by atoms with Crippen LogP contribution in [-0.2, 0) is 11.3 Å². The van der Waals surface area contributed by atoms with Crippen LogP contribution in [0.25, 0.3) is 0 Å². The van der Waals surface area contributed by atoms with Crippen molar-refractivity contribution in [3.8, 4) is 17.2 Å². The number of hydrogen-bond acceptors (Lipinski definition) is 5. The summed E-state index contributed by atoms with van der Waals surface area (Å²) in [6.45, 7) is 1.91. The number of ether oxygens (including phenoxy) is 3. The van der Waals surface area contributed by atoms with E-state index in [0.29, 0.717) is 12.2 Å². The summed E-state index contributed by atoms with van der Waals surface area (Å²) in [5, 5.41) is 9.74. The average molecular weight is 355 g/mol. The summed E-state index contributed by atoms with van der Waals surface area (Å²) in [6.07, 6.45) is 0. The Balaban J connectivity index is 2.11. The smallest absolute Gasteiger partial charge is 0.338 e. The molecule has 0 fully saturated rings. The van der Waals surface area contributed by atoms with Gasteiger partial charge in [-0.2, -0.15) is 0 Å². The molecule has 2 aromatic rings. The normalized spacial score (nSPS) is 10.3. The zero-order valence-electron chi connectivity index (χ0n) is 13.1. The van der Waals surface area contributed by atoms with Crippen LogP contribution in [0.2, 0.25) is 5.02 Å². The van der Waals surface area contributed by atoms with Crippen LogP contribution in [0.1, 0.15) is 22.8 Å². The molecule has 2 aromatic carbocycles. The maximum atomic E-state index is 13.6. The van der Waals surface area contributed by atoms with Crippen molar-refractivity contribution >= 4 is 17.6 Å². The fourth-order valence-corrected chi connectivity index (χ4v) is 2.20. The Morgan fingerprint density at radius 3 is 2.62 bits per heavy atom. The van der Waals surface area contributed by atoms with Crippen molar-refractivity contribution in [2.45, 2.75) is 13.5 Å². The highest BCUT2D eigenvalue weighted by Crippen LogP contribution is 2.35. The first-order chi connectivity index (χ1) is 11.5. The number of carbonyl (C=O) groups excluding carboxylic acids is 1. The molecule has 0 atom stereocenters. The van der Waals surface area contributed by atoms with Gasteiger partial charge in [0.25, 0.3) is 0 Å². The Bertz CT molecular complexity index is 748. The second-order valence-corrected chi connectivity index (χ2v) is 5.19. The maximum Gasteiger partial charge on any atom is 0.338 e. The summed E-state index contributed by atoms with van der Waals surface area (Å²) in [5.41, 5.74) is 0.590. The van der Waals surface area contributed by atoms with E-state index in [1.165, 1.54) is 31.4 Å². The van der Waals surface area contributed by atoms with Gasteiger partial charge in [-0.1, -0.05) is 17.7 Å². The van der Waals surface area contributed by atoms with E-state index in [2.05, 4.69) is 0 Å². The number of phenolic OH excluding ortho intramolecular Hbond substituents is 1. The summed E-state index contributed by atoms with van der Waals surface area (Å²) < 4.78 is 28.8. The number of hydrogen-bond donors (Lipinski definition) is 1. The molecule has 0 spiro atoms. The minimum absolute atomic E-state index is 0.0246. The van der Waals surface area contributed by atoms with E-state index >= 15 is 0 Å². The third-order valence-electron chi connectivity index (χ3n) is 3.15. The van der Waals surface area contributed by atoms with E-state index in [1.54, 1.807) is 13.0 Å². The molecule has 128 valence electrons. The van der Waals surface area contributed by atoms with E-state index in [9.17, 15) is 14.3 Å². The van der Waals surface area contributed by atoms with Gasteiger partial charge in [0.2, 0.25) is 0 Å². The standard InChI is InChI=1S/C17H16ClFO5/c1-3-23-15-8-11(7-12(18)16(15)20)17(21)24-9-10-4-5-14(22-2)13(19)6-10/h4-8,20H,3,9H2,1-2H3. The van der Waals surface area contributed by atoms with Gasteiger partial charge in [0.15, 0.2) is 23.1 Å². The van der Waals surface area contributed by atoms with Crippen LogP contribution in [0.4, 0.5) is 4.39 Å². The van der Waals surface area contributed by atoms with Crippen molar-refractivity contribution in [2.24, 2.45) is 0 Å². The number of benzene rings is 2. The van der Waals surface area contributed by atoms with Crippen molar-refractivity contribution in [3.63, 3.8) is 0 Å². The van der Waals surface area contributed by atoms with Gasteiger partial charge in [-0.05, 0) is 36.8 Å². The zero-order chi connectivity index (χ0) is 17.7. The molecule has 0 aliphatic carbocycles. The minimum atomic E-state index is -0.672. The number of halogens is 2. The Labute approximate surface area is 143 Å². The number of carbonyl (C=O) groups is 1. The first-order valence-corrected chi connectivity index (χ1v) is 7.49. The quantitative estimate of drug-likeness (QED) is 0.796. The molecule has 0 aliphatic rings. The van der Waals surface area contributed by atoms with Gasteiger partial charge < -0.3 is 19.3 Å². The van der Waals surface area contributed by atoms with E-state index in [-0.39, 0.29) is 34.4 Å². The van der Waals surface area contributed by atoms with Gasteiger partial charge in [-0.25, -0.2) is 9.18 Å². The highest BCUT2D eigenvalue weighted by atomic mass is 35.5. The minimum Gasteiger partial charge on any atom is -0.503 e. The van der Waals surface area contributed by atoms with Crippen LogP contribution in [-0.4, -0.2) is 24.8 Å². The van der Waals surface area contributed by atoms with Gasteiger partial charge in [-0.15, -0.1) is 0 Å². The number of aromatic hydroxyl groups is 1. The molecule has 2 rings (SSSR count). The number of rotatable bonds is 6. The molecule has 0 saturated carbocycles. The predicted octanol–water partition coefficient (Wildman–Crippen LogP) is 3.95. The molecule has 0 heterocycles. The predicted molar refractivity (Wildman–Crippen MR) is 86.4 cm³/mol. The highest BCUT2D eigenvalue weighted by Gasteiger charge is 2.16. The summed E-state index contributed by atoms with van der Waals surface area (Å²) in [4.78, 5) is 12.1. The third kappa shape index (κ3) is 4.08.